The molecule has 2 aromatic rings. The van der Waals surface area contributed by atoms with Crippen LogP contribution < -0.4 is 15.9 Å². The molecule has 4 rings (SSSR count). The number of nitrogens with zero attached hydrogens (tertiary/aromatic N) is 3. The van der Waals surface area contributed by atoms with Gasteiger partial charge in [-0.3, -0.25) is 4.98 Å². The zero-order valence-corrected chi connectivity index (χ0v) is 16.5. The number of aryl methyl sites for hydroxylation is 1. The van der Waals surface area contributed by atoms with E-state index in [0.29, 0.717) is 12.1 Å². The molecular weight excluding hydrogens is 373 g/mol. The molecule has 2 aliphatic rings. The SMILES string of the molecule is Cc1ccc(F)c(CNC(=O)N(C2CC2)C2CCCN(c3ccnc(=O)[nH]3)C2)c1. The summed E-state index contributed by atoms with van der Waals surface area (Å²) >= 11 is 0. The first-order valence-corrected chi connectivity index (χ1v) is 10.1. The number of piperidine rings is 1. The molecule has 1 atom stereocenters. The molecule has 1 aliphatic carbocycles. The Morgan fingerprint density at radius 2 is 2.14 bits per heavy atom. The van der Waals surface area contributed by atoms with Crippen LogP contribution >= 0.6 is 0 Å². The molecule has 0 spiro atoms. The largest absolute Gasteiger partial charge is 0.356 e. The summed E-state index contributed by atoms with van der Waals surface area (Å²) in [6.07, 6.45) is 5.33. The predicted molar refractivity (Wildman–Crippen MR) is 108 cm³/mol. The first kappa shape index (κ1) is 19.4. The van der Waals surface area contributed by atoms with Gasteiger partial charge in [0.2, 0.25) is 0 Å². The summed E-state index contributed by atoms with van der Waals surface area (Å²) in [6, 6.07) is 6.84. The number of urea groups is 1. The number of nitrogens with one attached hydrogen (secondary N) is 2. The summed E-state index contributed by atoms with van der Waals surface area (Å²) in [4.78, 5) is 35.0. The van der Waals surface area contributed by atoms with Gasteiger partial charge in [0.05, 0.1) is 6.04 Å². The van der Waals surface area contributed by atoms with Crippen LogP contribution in [0.25, 0.3) is 0 Å². The number of hydrogen-bond acceptors (Lipinski definition) is 4. The van der Waals surface area contributed by atoms with Gasteiger partial charge < -0.3 is 15.1 Å². The highest BCUT2D eigenvalue weighted by Crippen LogP contribution is 2.32. The second-order valence-corrected chi connectivity index (χ2v) is 7.89. The average molecular weight is 399 g/mol. The lowest BCUT2D eigenvalue weighted by Crippen LogP contribution is -2.54. The molecule has 2 amide bonds. The Labute approximate surface area is 168 Å². The van der Waals surface area contributed by atoms with Crippen molar-refractivity contribution < 1.29 is 9.18 Å². The minimum absolute atomic E-state index is 0.0512. The molecule has 2 N–H and O–H groups in total. The molecule has 0 bridgehead atoms. The Morgan fingerprint density at radius 1 is 1.31 bits per heavy atom. The van der Waals surface area contributed by atoms with E-state index in [9.17, 15) is 14.0 Å². The van der Waals surface area contributed by atoms with Crippen molar-refractivity contribution >= 4 is 11.8 Å². The number of H-pyrrole nitrogens is 1. The topological polar surface area (TPSA) is 81.3 Å². The second kappa shape index (κ2) is 8.23. The molecule has 7 nitrogen and oxygen atoms in total. The van der Waals surface area contributed by atoms with Gasteiger partial charge in [0.25, 0.3) is 0 Å². The number of aromatic amines is 1. The van der Waals surface area contributed by atoms with E-state index < -0.39 is 0 Å². The van der Waals surface area contributed by atoms with Crippen LogP contribution in [-0.4, -0.2) is 46.1 Å². The molecule has 29 heavy (non-hydrogen) atoms. The molecule has 2 heterocycles. The van der Waals surface area contributed by atoms with Crippen molar-refractivity contribution in [2.45, 2.75) is 51.2 Å². The van der Waals surface area contributed by atoms with Crippen LogP contribution in [0.15, 0.2) is 35.3 Å². The fourth-order valence-electron chi connectivity index (χ4n) is 4.03. The number of hydrogen-bond donors (Lipinski definition) is 2. The number of halogens is 1. The van der Waals surface area contributed by atoms with Gasteiger partial charge in [-0.2, -0.15) is 0 Å². The molecule has 1 unspecified atom stereocenters. The first-order chi connectivity index (χ1) is 14.0. The fourth-order valence-corrected chi connectivity index (χ4v) is 4.03. The lowest BCUT2D eigenvalue weighted by molar-refractivity contribution is 0.160. The van der Waals surface area contributed by atoms with E-state index in [1.165, 1.54) is 12.3 Å². The number of carbonyl (C=O) groups is 1. The maximum absolute atomic E-state index is 14.0. The quantitative estimate of drug-likeness (QED) is 0.810. The van der Waals surface area contributed by atoms with E-state index in [4.69, 9.17) is 0 Å². The normalized spacial score (nSPS) is 19.1. The third-order valence-electron chi connectivity index (χ3n) is 5.60. The Bertz CT molecular complexity index is 943. The Hall–Kier alpha value is -2.90. The molecule has 8 heteroatoms. The second-order valence-electron chi connectivity index (χ2n) is 7.89. The van der Waals surface area contributed by atoms with Crippen molar-refractivity contribution in [3.05, 3.63) is 57.9 Å². The Kier molecular flexibility index (Phi) is 5.51. The number of anilines is 1. The molecule has 1 aromatic heterocycles. The van der Waals surface area contributed by atoms with E-state index >= 15 is 0 Å². The van der Waals surface area contributed by atoms with Crippen LogP contribution in [0.5, 0.6) is 0 Å². The summed E-state index contributed by atoms with van der Waals surface area (Å²) in [7, 11) is 0. The highest BCUT2D eigenvalue weighted by Gasteiger charge is 2.39. The summed E-state index contributed by atoms with van der Waals surface area (Å²) in [6.45, 7) is 3.55. The van der Waals surface area contributed by atoms with Crippen molar-refractivity contribution in [3.8, 4) is 0 Å². The van der Waals surface area contributed by atoms with Crippen molar-refractivity contribution in [1.82, 2.24) is 20.2 Å². The number of benzene rings is 1. The van der Waals surface area contributed by atoms with Gasteiger partial charge in [-0.05, 0) is 44.7 Å². The highest BCUT2D eigenvalue weighted by molar-refractivity contribution is 5.75. The van der Waals surface area contributed by atoms with Crippen molar-refractivity contribution in [3.63, 3.8) is 0 Å². The van der Waals surface area contributed by atoms with E-state index in [-0.39, 0.29) is 36.2 Å². The van der Waals surface area contributed by atoms with Crippen LogP contribution in [0.2, 0.25) is 0 Å². The lowest BCUT2D eigenvalue weighted by atomic mass is 10.0. The van der Waals surface area contributed by atoms with E-state index in [2.05, 4.69) is 20.2 Å². The fraction of sp³-hybridized carbons (Fsp3) is 0.476. The molecule has 2 fully saturated rings. The number of aromatic nitrogens is 2. The Morgan fingerprint density at radius 3 is 2.90 bits per heavy atom. The molecule has 154 valence electrons. The molecule has 1 saturated carbocycles. The van der Waals surface area contributed by atoms with E-state index in [1.54, 1.807) is 18.2 Å². The Balaban J connectivity index is 1.44. The molecule has 1 aliphatic heterocycles. The van der Waals surface area contributed by atoms with Crippen LogP contribution in [-0.2, 0) is 6.54 Å². The summed E-state index contributed by atoms with van der Waals surface area (Å²) in [5.41, 5.74) is 1.08. The van der Waals surface area contributed by atoms with Gasteiger partial charge >= 0.3 is 11.7 Å². The maximum Gasteiger partial charge on any atom is 0.346 e. The molecule has 1 aromatic carbocycles. The van der Waals surface area contributed by atoms with Gasteiger partial charge in [-0.25, -0.2) is 19.0 Å². The third-order valence-corrected chi connectivity index (χ3v) is 5.60. The maximum atomic E-state index is 14.0. The molecular formula is C21H26FN5O2. The summed E-state index contributed by atoms with van der Waals surface area (Å²) < 4.78 is 14.0. The first-order valence-electron chi connectivity index (χ1n) is 10.1. The van der Waals surface area contributed by atoms with Crippen molar-refractivity contribution in [1.29, 1.82) is 0 Å². The average Bonchev–Trinajstić information content (AvgIpc) is 3.54. The number of amides is 2. The van der Waals surface area contributed by atoms with Crippen LogP contribution in [0.3, 0.4) is 0 Å². The smallest absolute Gasteiger partial charge is 0.346 e. The van der Waals surface area contributed by atoms with Crippen LogP contribution in [0.4, 0.5) is 15.0 Å². The van der Waals surface area contributed by atoms with E-state index in [0.717, 1.165) is 43.6 Å². The van der Waals surface area contributed by atoms with Gasteiger partial charge in [0, 0.05) is 37.4 Å². The number of rotatable bonds is 5. The van der Waals surface area contributed by atoms with Crippen LogP contribution in [0, 0.1) is 12.7 Å². The minimum Gasteiger partial charge on any atom is -0.356 e. The molecule has 0 radical (unpaired) electrons. The van der Waals surface area contributed by atoms with E-state index in [1.807, 2.05) is 11.8 Å². The monoisotopic (exact) mass is 399 g/mol. The predicted octanol–water partition coefficient (Wildman–Crippen LogP) is 2.56. The molecule has 1 saturated heterocycles. The zero-order valence-electron chi connectivity index (χ0n) is 16.5. The highest BCUT2D eigenvalue weighted by atomic mass is 19.1. The van der Waals surface area contributed by atoms with Gasteiger partial charge in [-0.1, -0.05) is 17.7 Å². The summed E-state index contributed by atoms with van der Waals surface area (Å²) in [5.74, 6) is 0.423. The minimum atomic E-state index is -0.374. The van der Waals surface area contributed by atoms with Gasteiger partial charge in [0.1, 0.15) is 11.6 Å². The summed E-state index contributed by atoms with van der Waals surface area (Å²) in [5, 5.41) is 2.91. The third kappa shape index (κ3) is 4.58. The van der Waals surface area contributed by atoms with Gasteiger partial charge in [0.15, 0.2) is 0 Å². The van der Waals surface area contributed by atoms with Crippen molar-refractivity contribution in [2.75, 3.05) is 18.0 Å². The standard InChI is InChI=1S/C21H26FN5O2/c1-14-4-7-18(22)15(11-14)12-24-21(29)27(16-5-6-16)17-3-2-10-26(13-17)19-8-9-23-20(28)25-19/h4,7-9,11,16-17H,2-3,5-6,10,12-13H2,1H3,(H,24,29)(H,23,25,28). The lowest BCUT2D eigenvalue weighted by Gasteiger charge is -2.40. The van der Waals surface area contributed by atoms with Gasteiger partial charge in [-0.15, -0.1) is 0 Å². The van der Waals surface area contributed by atoms with Crippen LogP contribution in [0.1, 0.15) is 36.8 Å². The number of carbonyl (C=O) groups excluding carboxylic acids is 1. The zero-order chi connectivity index (χ0) is 20.4. The van der Waals surface area contributed by atoms with Crippen molar-refractivity contribution in [2.24, 2.45) is 0 Å².